The van der Waals surface area contributed by atoms with Gasteiger partial charge in [-0.3, -0.25) is 9.69 Å². The van der Waals surface area contributed by atoms with Crippen LogP contribution in [0.1, 0.15) is 15.9 Å². The van der Waals surface area contributed by atoms with Crippen molar-refractivity contribution in [1.82, 2.24) is 4.90 Å². The second-order valence-electron chi connectivity index (χ2n) is 7.92. The van der Waals surface area contributed by atoms with E-state index in [0.29, 0.717) is 42.2 Å². The summed E-state index contributed by atoms with van der Waals surface area (Å²) in [6, 6.07) is 22.9. The molecule has 1 aliphatic rings. The molecule has 1 atom stereocenters. The highest BCUT2D eigenvalue weighted by Gasteiger charge is 2.21. The zero-order valence-corrected chi connectivity index (χ0v) is 17.9. The SMILES string of the molecule is O=C(c1ccccc1)c1ccc(OC[C@H](O)CN2CCN(c3ccccc3F)CC2)cc1. The second kappa shape index (κ2) is 10.4. The van der Waals surface area contributed by atoms with E-state index in [-0.39, 0.29) is 18.2 Å². The first-order valence-electron chi connectivity index (χ1n) is 10.8. The molecular formula is C26H27FN2O3. The lowest BCUT2D eigenvalue weighted by atomic mass is 10.0. The van der Waals surface area contributed by atoms with Gasteiger partial charge >= 0.3 is 0 Å². The third-order valence-electron chi connectivity index (χ3n) is 5.63. The third kappa shape index (κ3) is 5.52. The summed E-state index contributed by atoms with van der Waals surface area (Å²) in [5.41, 5.74) is 1.87. The van der Waals surface area contributed by atoms with E-state index in [1.54, 1.807) is 48.5 Å². The Balaban J connectivity index is 1.22. The number of hydrogen-bond acceptors (Lipinski definition) is 5. The number of hydrogen-bond donors (Lipinski definition) is 1. The Hall–Kier alpha value is -3.22. The van der Waals surface area contributed by atoms with Gasteiger partial charge in [-0.2, -0.15) is 0 Å². The second-order valence-corrected chi connectivity index (χ2v) is 7.92. The number of anilines is 1. The lowest BCUT2D eigenvalue weighted by Crippen LogP contribution is -2.49. The van der Waals surface area contributed by atoms with E-state index in [0.717, 1.165) is 13.1 Å². The average molecular weight is 435 g/mol. The van der Waals surface area contributed by atoms with Gasteiger partial charge in [-0.05, 0) is 36.4 Å². The lowest BCUT2D eigenvalue weighted by molar-refractivity contribution is 0.0662. The van der Waals surface area contributed by atoms with E-state index in [1.807, 2.05) is 29.2 Å². The van der Waals surface area contributed by atoms with Gasteiger partial charge in [-0.15, -0.1) is 0 Å². The summed E-state index contributed by atoms with van der Waals surface area (Å²) in [7, 11) is 0. The summed E-state index contributed by atoms with van der Waals surface area (Å²) < 4.78 is 19.7. The number of halogens is 1. The van der Waals surface area contributed by atoms with Crippen molar-refractivity contribution >= 4 is 11.5 Å². The largest absolute Gasteiger partial charge is 0.491 e. The van der Waals surface area contributed by atoms with Gasteiger partial charge in [0.25, 0.3) is 0 Å². The van der Waals surface area contributed by atoms with Crippen LogP contribution in [0.4, 0.5) is 10.1 Å². The summed E-state index contributed by atoms with van der Waals surface area (Å²) in [6.45, 7) is 3.59. The van der Waals surface area contributed by atoms with Crippen molar-refractivity contribution in [3.63, 3.8) is 0 Å². The van der Waals surface area contributed by atoms with Crippen LogP contribution in [0, 0.1) is 5.82 Å². The van der Waals surface area contributed by atoms with E-state index in [1.165, 1.54) is 6.07 Å². The highest BCUT2D eigenvalue weighted by atomic mass is 19.1. The maximum Gasteiger partial charge on any atom is 0.193 e. The molecule has 0 aromatic heterocycles. The highest BCUT2D eigenvalue weighted by Crippen LogP contribution is 2.20. The topological polar surface area (TPSA) is 53.0 Å². The van der Waals surface area contributed by atoms with Crippen LogP contribution in [-0.2, 0) is 0 Å². The zero-order chi connectivity index (χ0) is 22.3. The van der Waals surface area contributed by atoms with Crippen LogP contribution in [0.25, 0.3) is 0 Å². The number of para-hydroxylation sites is 1. The number of carbonyl (C=O) groups excluding carboxylic acids is 1. The lowest BCUT2D eigenvalue weighted by Gasteiger charge is -2.36. The van der Waals surface area contributed by atoms with E-state index >= 15 is 0 Å². The predicted molar refractivity (Wildman–Crippen MR) is 123 cm³/mol. The van der Waals surface area contributed by atoms with Crippen molar-refractivity contribution in [2.24, 2.45) is 0 Å². The normalized spacial score (nSPS) is 15.4. The smallest absolute Gasteiger partial charge is 0.193 e. The van der Waals surface area contributed by atoms with Gasteiger partial charge in [0.2, 0.25) is 0 Å². The summed E-state index contributed by atoms with van der Waals surface area (Å²) in [5, 5.41) is 10.4. The van der Waals surface area contributed by atoms with E-state index < -0.39 is 6.10 Å². The molecule has 3 aromatic rings. The first kappa shape index (κ1) is 22.0. The molecule has 1 heterocycles. The quantitative estimate of drug-likeness (QED) is 0.549. The maximum absolute atomic E-state index is 14.0. The number of aliphatic hydroxyl groups is 1. The molecule has 1 N–H and O–H groups in total. The molecule has 6 heteroatoms. The van der Waals surface area contributed by atoms with Crippen LogP contribution < -0.4 is 9.64 Å². The predicted octanol–water partition coefficient (Wildman–Crippen LogP) is 3.62. The molecule has 0 amide bonds. The van der Waals surface area contributed by atoms with Gasteiger partial charge in [-0.1, -0.05) is 42.5 Å². The van der Waals surface area contributed by atoms with E-state index in [4.69, 9.17) is 4.74 Å². The Bertz CT molecular complexity index is 1020. The Morgan fingerprint density at radius 3 is 2.19 bits per heavy atom. The van der Waals surface area contributed by atoms with Crippen LogP contribution in [0.15, 0.2) is 78.9 Å². The molecule has 0 unspecified atom stereocenters. The van der Waals surface area contributed by atoms with E-state index in [9.17, 15) is 14.3 Å². The number of piperazine rings is 1. The Labute approximate surface area is 187 Å². The van der Waals surface area contributed by atoms with Crippen LogP contribution in [0.3, 0.4) is 0 Å². The molecule has 0 bridgehead atoms. The summed E-state index contributed by atoms with van der Waals surface area (Å²) in [6.07, 6.45) is -0.638. The van der Waals surface area contributed by atoms with Crippen LogP contribution in [0.2, 0.25) is 0 Å². The van der Waals surface area contributed by atoms with Gasteiger partial charge in [-0.25, -0.2) is 4.39 Å². The van der Waals surface area contributed by atoms with E-state index in [2.05, 4.69) is 4.90 Å². The number of benzene rings is 3. The van der Waals surface area contributed by atoms with Crippen molar-refractivity contribution in [1.29, 1.82) is 0 Å². The Morgan fingerprint density at radius 2 is 1.50 bits per heavy atom. The van der Waals surface area contributed by atoms with Crippen molar-refractivity contribution in [3.8, 4) is 5.75 Å². The minimum atomic E-state index is -0.638. The van der Waals surface area contributed by atoms with Crippen molar-refractivity contribution in [3.05, 3.63) is 95.8 Å². The summed E-state index contributed by atoms with van der Waals surface area (Å²) in [4.78, 5) is 16.7. The molecule has 0 aliphatic carbocycles. The highest BCUT2D eigenvalue weighted by molar-refractivity contribution is 6.08. The number of rotatable bonds is 8. The van der Waals surface area contributed by atoms with Crippen LogP contribution >= 0.6 is 0 Å². The molecular weight excluding hydrogens is 407 g/mol. The van der Waals surface area contributed by atoms with Gasteiger partial charge in [0.1, 0.15) is 24.3 Å². The Morgan fingerprint density at radius 1 is 0.875 bits per heavy atom. The molecule has 5 nitrogen and oxygen atoms in total. The number of nitrogens with zero attached hydrogens (tertiary/aromatic N) is 2. The molecule has 166 valence electrons. The molecule has 4 rings (SSSR count). The van der Waals surface area contributed by atoms with Crippen molar-refractivity contribution in [2.45, 2.75) is 6.10 Å². The average Bonchev–Trinajstić information content (AvgIpc) is 2.84. The molecule has 0 spiro atoms. The molecule has 0 saturated carbocycles. The number of aliphatic hydroxyl groups excluding tert-OH is 1. The van der Waals surface area contributed by atoms with Crippen molar-refractivity contribution in [2.75, 3.05) is 44.2 Å². The molecule has 32 heavy (non-hydrogen) atoms. The molecule has 1 aliphatic heterocycles. The fourth-order valence-corrected chi connectivity index (χ4v) is 3.88. The maximum atomic E-state index is 14.0. The van der Waals surface area contributed by atoms with Gasteiger partial charge in [0, 0.05) is 43.9 Å². The summed E-state index contributed by atoms with van der Waals surface area (Å²) >= 11 is 0. The first-order valence-corrected chi connectivity index (χ1v) is 10.8. The fourth-order valence-electron chi connectivity index (χ4n) is 3.88. The minimum absolute atomic E-state index is 0.0355. The van der Waals surface area contributed by atoms with Crippen LogP contribution in [0.5, 0.6) is 5.75 Å². The third-order valence-corrected chi connectivity index (χ3v) is 5.63. The molecule has 1 fully saturated rings. The number of ketones is 1. The van der Waals surface area contributed by atoms with Crippen LogP contribution in [-0.4, -0.2) is 61.2 Å². The number of ether oxygens (including phenoxy) is 1. The van der Waals surface area contributed by atoms with Crippen molar-refractivity contribution < 1.29 is 19.0 Å². The molecule has 0 radical (unpaired) electrons. The monoisotopic (exact) mass is 434 g/mol. The Kier molecular flexibility index (Phi) is 7.14. The van der Waals surface area contributed by atoms with Gasteiger partial charge in [0.15, 0.2) is 5.78 Å². The van der Waals surface area contributed by atoms with Gasteiger partial charge < -0.3 is 14.7 Å². The number of carbonyl (C=O) groups is 1. The zero-order valence-electron chi connectivity index (χ0n) is 17.9. The fraction of sp³-hybridized carbons (Fsp3) is 0.269. The first-order chi connectivity index (χ1) is 15.6. The standard InChI is InChI=1S/C26H27FN2O3/c27-24-8-4-5-9-25(24)29-16-14-28(15-17-29)18-22(30)19-32-23-12-10-21(11-13-23)26(31)20-6-2-1-3-7-20/h1-13,22,30H,14-19H2/t22-/m1/s1. The van der Waals surface area contributed by atoms with Gasteiger partial charge in [0.05, 0.1) is 5.69 Å². The number of β-amino-alcohol motifs (C(OH)–C–C–N with tert-alkyl or cyclic N) is 1. The molecule has 3 aromatic carbocycles. The summed E-state index contributed by atoms with van der Waals surface area (Å²) in [5.74, 6) is 0.371. The minimum Gasteiger partial charge on any atom is -0.491 e. The molecule has 1 saturated heterocycles.